The van der Waals surface area contributed by atoms with Crippen LogP contribution in [0.15, 0.2) is 71.8 Å². The monoisotopic (exact) mass is 410 g/mol. The molecule has 0 amide bonds. The molecular formula is C23H23ClN2O3. The average Bonchev–Trinajstić information content (AvgIpc) is 2.75. The minimum absolute atomic E-state index is 0.435. The van der Waals surface area contributed by atoms with Crippen molar-refractivity contribution in [1.82, 2.24) is 5.43 Å². The molecule has 150 valence electrons. The fraction of sp³-hybridized carbons (Fsp3) is 0.174. The summed E-state index contributed by atoms with van der Waals surface area (Å²) in [5, 5.41) is 5.01. The van der Waals surface area contributed by atoms with E-state index in [0.717, 1.165) is 22.4 Å². The summed E-state index contributed by atoms with van der Waals surface area (Å²) in [7, 11) is 3.24. The maximum Gasteiger partial charge on any atom is 0.161 e. The quantitative estimate of drug-likeness (QED) is 0.395. The maximum atomic E-state index is 6.03. The van der Waals surface area contributed by atoms with Gasteiger partial charge in [-0.1, -0.05) is 41.9 Å². The van der Waals surface area contributed by atoms with Crippen LogP contribution >= 0.6 is 11.6 Å². The van der Waals surface area contributed by atoms with Crippen LogP contribution in [-0.4, -0.2) is 20.4 Å². The Balaban J connectivity index is 1.59. The highest BCUT2D eigenvalue weighted by atomic mass is 35.5. The molecule has 0 radical (unpaired) electrons. The van der Waals surface area contributed by atoms with Gasteiger partial charge in [0, 0.05) is 10.6 Å². The molecule has 0 aliphatic rings. The molecule has 3 aromatic carbocycles. The van der Waals surface area contributed by atoms with Crippen molar-refractivity contribution in [3.63, 3.8) is 0 Å². The zero-order chi connectivity index (χ0) is 20.5. The van der Waals surface area contributed by atoms with Crippen LogP contribution in [0.4, 0.5) is 0 Å². The summed E-state index contributed by atoms with van der Waals surface area (Å²) in [6.45, 7) is 0.993. The summed E-state index contributed by atoms with van der Waals surface area (Å²) in [6, 6.07) is 21.1. The first-order chi connectivity index (χ1) is 14.2. The molecular weight excluding hydrogens is 388 g/mol. The van der Waals surface area contributed by atoms with E-state index in [0.29, 0.717) is 29.7 Å². The van der Waals surface area contributed by atoms with Crippen molar-refractivity contribution in [2.75, 3.05) is 14.2 Å². The first-order valence-corrected chi connectivity index (χ1v) is 9.50. The van der Waals surface area contributed by atoms with Crippen LogP contribution in [0.1, 0.15) is 16.7 Å². The minimum atomic E-state index is 0.435. The number of methoxy groups -OCH3 is 2. The number of hydrogen-bond donors (Lipinski definition) is 1. The number of rotatable bonds is 9. The van der Waals surface area contributed by atoms with E-state index in [9.17, 15) is 0 Å². The molecule has 0 fully saturated rings. The first-order valence-electron chi connectivity index (χ1n) is 9.12. The van der Waals surface area contributed by atoms with Gasteiger partial charge >= 0.3 is 0 Å². The largest absolute Gasteiger partial charge is 0.493 e. The second kappa shape index (κ2) is 10.4. The molecule has 3 aromatic rings. The van der Waals surface area contributed by atoms with Crippen LogP contribution < -0.4 is 19.6 Å². The van der Waals surface area contributed by atoms with Crippen molar-refractivity contribution in [3.8, 4) is 17.2 Å². The number of ether oxygens (including phenoxy) is 3. The molecule has 0 bridgehead atoms. The van der Waals surface area contributed by atoms with Crippen LogP contribution in [0, 0.1) is 0 Å². The third-order valence-electron chi connectivity index (χ3n) is 4.23. The lowest BCUT2D eigenvalue weighted by molar-refractivity contribution is 0.306. The Bertz CT molecular complexity index is 976. The highest BCUT2D eigenvalue weighted by Gasteiger charge is 2.04. The van der Waals surface area contributed by atoms with Crippen molar-refractivity contribution in [3.05, 3.63) is 88.4 Å². The van der Waals surface area contributed by atoms with E-state index < -0.39 is 0 Å². The summed E-state index contributed by atoms with van der Waals surface area (Å²) in [6.07, 6.45) is 1.74. The molecule has 0 spiro atoms. The van der Waals surface area contributed by atoms with Crippen molar-refractivity contribution < 1.29 is 14.2 Å². The van der Waals surface area contributed by atoms with Gasteiger partial charge in [0.05, 0.1) is 27.0 Å². The van der Waals surface area contributed by atoms with E-state index in [1.807, 2.05) is 66.7 Å². The van der Waals surface area contributed by atoms with E-state index in [-0.39, 0.29) is 0 Å². The highest BCUT2D eigenvalue weighted by molar-refractivity contribution is 6.30. The van der Waals surface area contributed by atoms with Gasteiger partial charge in [-0.05, 0) is 47.5 Å². The molecule has 0 aliphatic heterocycles. The van der Waals surface area contributed by atoms with Gasteiger partial charge in [-0.25, -0.2) is 0 Å². The van der Waals surface area contributed by atoms with Crippen molar-refractivity contribution in [2.45, 2.75) is 13.2 Å². The lowest BCUT2D eigenvalue weighted by atomic mass is 10.2. The molecule has 0 aliphatic carbocycles. The smallest absolute Gasteiger partial charge is 0.161 e. The minimum Gasteiger partial charge on any atom is -0.493 e. The van der Waals surface area contributed by atoms with Gasteiger partial charge in [-0.2, -0.15) is 5.10 Å². The van der Waals surface area contributed by atoms with Gasteiger partial charge in [0.2, 0.25) is 0 Å². The zero-order valence-corrected chi connectivity index (χ0v) is 17.1. The number of hydrazone groups is 1. The molecule has 1 N–H and O–H groups in total. The Morgan fingerprint density at radius 1 is 0.862 bits per heavy atom. The summed E-state index contributed by atoms with van der Waals surface area (Å²) >= 11 is 6.03. The summed E-state index contributed by atoms with van der Waals surface area (Å²) in [4.78, 5) is 0. The zero-order valence-electron chi connectivity index (χ0n) is 16.4. The average molecular weight is 411 g/mol. The molecule has 0 aromatic heterocycles. The Morgan fingerprint density at radius 2 is 1.69 bits per heavy atom. The van der Waals surface area contributed by atoms with Gasteiger partial charge in [0.1, 0.15) is 12.4 Å². The molecule has 6 heteroatoms. The van der Waals surface area contributed by atoms with Crippen molar-refractivity contribution in [1.29, 1.82) is 0 Å². The molecule has 0 saturated carbocycles. The Morgan fingerprint density at radius 3 is 2.48 bits per heavy atom. The third kappa shape index (κ3) is 5.90. The molecule has 0 heterocycles. The SMILES string of the molecule is COc1ccc(CN/N=C/c2ccccc2OCc2cccc(Cl)c2)cc1OC. The first kappa shape index (κ1) is 20.6. The Kier molecular flexibility index (Phi) is 7.36. The summed E-state index contributed by atoms with van der Waals surface area (Å²) < 4.78 is 16.5. The molecule has 29 heavy (non-hydrogen) atoms. The molecule has 5 nitrogen and oxygen atoms in total. The van der Waals surface area contributed by atoms with Crippen LogP contribution in [0.25, 0.3) is 0 Å². The van der Waals surface area contributed by atoms with Crippen LogP contribution in [0.3, 0.4) is 0 Å². The van der Waals surface area contributed by atoms with E-state index >= 15 is 0 Å². The lowest BCUT2D eigenvalue weighted by Gasteiger charge is -2.10. The maximum absolute atomic E-state index is 6.03. The molecule has 0 unspecified atom stereocenters. The van der Waals surface area contributed by atoms with Gasteiger partial charge in [-0.15, -0.1) is 0 Å². The molecule has 0 saturated heterocycles. The van der Waals surface area contributed by atoms with Crippen LogP contribution in [-0.2, 0) is 13.2 Å². The normalized spacial score (nSPS) is 10.7. The summed E-state index contributed by atoms with van der Waals surface area (Å²) in [5.74, 6) is 2.14. The molecule has 3 rings (SSSR count). The van der Waals surface area contributed by atoms with Gasteiger partial charge < -0.3 is 19.6 Å². The van der Waals surface area contributed by atoms with Crippen LogP contribution in [0.5, 0.6) is 17.2 Å². The van der Waals surface area contributed by atoms with E-state index in [1.54, 1.807) is 20.4 Å². The van der Waals surface area contributed by atoms with Gasteiger partial charge in [0.15, 0.2) is 11.5 Å². The van der Waals surface area contributed by atoms with E-state index in [1.165, 1.54) is 0 Å². The fourth-order valence-electron chi connectivity index (χ4n) is 2.75. The number of halogens is 1. The highest BCUT2D eigenvalue weighted by Crippen LogP contribution is 2.27. The number of nitrogens with zero attached hydrogens (tertiary/aromatic N) is 1. The Labute approximate surface area is 175 Å². The fourth-order valence-corrected chi connectivity index (χ4v) is 2.96. The Hall–Kier alpha value is -3.18. The predicted octanol–water partition coefficient (Wildman–Crippen LogP) is 5.06. The number of benzene rings is 3. The summed E-state index contributed by atoms with van der Waals surface area (Å²) in [5.41, 5.74) is 5.97. The van der Waals surface area contributed by atoms with Gasteiger partial charge in [0.25, 0.3) is 0 Å². The van der Waals surface area contributed by atoms with Crippen molar-refractivity contribution in [2.24, 2.45) is 5.10 Å². The van der Waals surface area contributed by atoms with E-state index in [4.69, 9.17) is 25.8 Å². The standard InChI is InChI=1S/C23H23ClN2O3/c1-27-22-11-10-17(13-23(22)28-2)14-25-26-15-19-7-3-4-9-21(19)29-16-18-6-5-8-20(24)12-18/h3-13,15,25H,14,16H2,1-2H3/b26-15+. The lowest BCUT2D eigenvalue weighted by Crippen LogP contribution is -2.06. The number of para-hydroxylation sites is 1. The van der Waals surface area contributed by atoms with Crippen molar-refractivity contribution >= 4 is 17.8 Å². The van der Waals surface area contributed by atoms with Crippen LogP contribution in [0.2, 0.25) is 5.02 Å². The topological polar surface area (TPSA) is 52.1 Å². The molecule has 0 atom stereocenters. The second-order valence-corrected chi connectivity index (χ2v) is 6.68. The third-order valence-corrected chi connectivity index (χ3v) is 4.46. The predicted molar refractivity (Wildman–Crippen MR) is 116 cm³/mol. The van der Waals surface area contributed by atoms with E-state index in [2.05, 4.69) is 10.5 Å². The number of hydrogen-bond acceptors (Lipinski definition) is 5. The van der Waals surface area contributed by atoms with Gasteiger partial charge in [-0.3, -0.25) is 0 Å². The second-order valence-electron chi connectivity index (χ2n) is 6.24. The number of nitrogens with one attached hydrogen (secondary N) is 1.